The fraction of sp³-hybridized carbons (Fsp3) is 0.529. The molecule has 22 heavy (non-hydrogen) atoms. The average Bonchev–Trinajstić information content (AvgIpc) is 2.50. The van der Waals surface area contributed by atoms with E-state index in [0.29, 0.717) is 19.5 Å². The number of unbranched alkanes of at least 4 members (excludes halogenated alkanes) is 1. The van der Waals surface area contributed by atoms with Gasteiger partial charge in [-0.1, -0.05) is 25.5 Å². The number of halogens is 1. The summed E-state index contributed by atoms with van der Waals surface area (Å²) in [5.74, 6) is -0.456. The van der Waals surface area contributed by atoms with Gasteiger partial charge in [0.15, 0.2) is 0 Å². The van der Waals surface area contributed by atoms with Crippen molar-refractivity contribution in [1.29, 1.82) is 0 Å². The number of hydrogen-bond acceptors (Lipinski definition) is 2. The van der Waals surface area contributed by atoms with E-state index in [1.807, 2.05) is 0 Å². The van der Waals surface area contributed by atoms with Gasteiger partial charge < -0.3 is 9.80 Å². The van der Waals surface area contributed by atoms with Crippen LogP contribution in [0.25, 0.3) is 0 Å². The Morgan fingerprint density at radius 3 is 2.32 bits per heavy atom. The first-order valence-electron chi connectivity index (χ1n) is 7.68. The van der Waals surface area contributed by atoms with Crippen LogP contribution in [0.3, 0.4) is 0 Å². The van der Waals surface area contributed by atoms with Crippen LogP contribution in [-0.4, -0.2) is 48.3 Å². The molecule has 0 heterocycles. The van der Waals surface area contributed by atoms with Crippen LogP contribution in [0.15, 0.2) is 24.3 Å². The van der Waals surface area contributed by atoms with Crippen LogP contribution in [0, 0.1) is 5.82 Å². The van der Waals surface area contributed by atoms with Crippen molar-refractivity contribution in [3.8, 4) is 0 Å². The van der Waals surface area contributed by atoms with E-state index >= 15 is 0 Å². The Hall–Kier alpha value is -1.91. The minimum absolute atomic E-state index is 0.0530. The number of nitrogens with zero attached hydrogens (tertiary/aromatic N) is 2. The van der Waals surface area contributed by atoms with Crippen molar-refractivity contribution >= 4 is 11.8 Å². The quantitative estimate of drug-likeness (QED) is 0.740. The third-order valence-electron chi connectivity index (χ3n) is 3.63. The molecule has 0 saturated heterocycles. The average molecular weight is 308 g/mol. The SMILES string of the molecule is CCCCN(C)C(=O)CN(CCc1ccc(F)cc1)C(C)=O. The van der Waals surface area contributed by atoms with Crippen LogP contribution in [0.1, 0.15) is 32.3 Å². The van der Waals surface area contributed by atoms with E-state index in [9.17, 15) is 14.0 Å². The van der Waals surface area contributed by atoms with Crippen molar-refractivity contribution in [2.24, 2.45) is 0 Å². The molecule has 0 unspecified atom stereocenters. The molecule has 0 spiro atoms. The Balaban J connectivity index is 2.53. The van der Waals surface area contributed by atoms with Gasteiger partial charge in [-0.3, -0.25) is 9.59 Å². The molecule has 0 saturated carbocycles. The van der Waals surface area contributed by atoms with Crippen LogP contribution in [0.2, 0.25) is 0 Å². The monoisotopic (exact) mass is 308 g/mol. The number of carbonyl (C=O) groups is 2. The zero-order valence-corrected chi connectivity index (χ0v) is 13.6. The zero-order chi connectivity index (χ0) is 16.5. The van der Waals surface area contributed by atoms with Crippen molar-refractivity contribution in [2.45, 2.75) is 33.1 Å². The molecular formula is C17H25FN2O2. The van der Waals surface area contributed by atoms with Crippen molar-refractivity contribution in [1.82, 2.24) is 9.80 Å². The van der Waals surface area contributed by atoms with E-state index in [4.69, 9.17) is 0 Å². The number of amides is 2. The van der Waals surface area contributed by atoms with Crippen LogP contribution >= 0.6 is 0 Å². The summed E-state index contributed by atoms with van der Waals surface area (Å²) in [6.07, 6.45) is 2.59. The van der Waals surface area contributed by atoms with Gasteiger partial charge in [0.05, 0.1) is 6.54 Å². The van der Waals surface area contributed by atoms with E-state index < -0.39 is 0 Å². The highest BCUT2D eigenvalue weighted by Gasteiger charge is 2.16. The standard InChI is InChI=1S/C17H25FN2O2/c1-4-5-11-19(3)17(22)13-20(14(2)21)12-10-15-6-8-16(18)9-7-15/h6-9H,4-5,10-13H2,1-3H3. The highest BCUT2D eigenvalue weighted by Crippen LogP contribution is 2.05. The van der Waals surface area contributed by atoms with Gasteiger partial charge in [-0.05, 0) is 30.5 Å². The molecule has 1 aromatic rings. The van der Waals surface area contributed by atoms with E-state index in [2.05, 4.69) is 6.92 Å². The minimum Gasteiger partial charge on any atom is -0.344 e. The molecule has 4 nitrogen and oxygen atoms in total. The largest absolute Gasteiger partial charge is 0.344 e. The maximum Gasteiger partial charge on any atom is 0.241 e. The van der Waals surface area contributed by atoms with Gasteiger partial charge in [0, 0.05) is 27.1 Å². The first-order chi connectivity index (χ1) is 10.4. The molecule has 0 atom stereocenters. The van der Waals surface area contributed by atoms with Crippen molar-refractivity contribution in [3.05, 3.63) is 35.6 Å². The second kappa shape index (κ2) is 9.18. The van der Waals surface area contributed by atoms with Gasteiger partial charge >= 0.3 is 0 Å². The molecule has 122 valence electrons. The molecule has 0 aliphatic carbocycles. The van der Waals surface area contributed by atoms with Crippen LogP contribution < -0.4 is 0 Å². The summed E-state index contributed by atoms with van der Waals surface area (Å²) in [5, 5.41) is 0. The predicted molar refractivity (Wildman–Crippen MR) is 84.9 cm³/mol. The second-order valence-corrected chi connectivity index (χ2v) is 5.49. The number of likely N-dealkylation sites (N-methyl/N-ethyl adjacent to an activating group) is 1. The summed E-state index contributed by atoms with van der Waals surface area (Å²) in [5.41, 5.74) is 0.944. The lowest BCUT2D eigenvalue weighted by atomic mass is 10.1. The summed E-state index contributed by atoms with van der Waals surface area (Å²) in [6, 6.07) is 6.19. The van der Waals surface area contributed by atoms with Gasteiger partial charge in [-0.15, -0.1) is 0 Å². The molecule has 2 amide bonds. The fourth-order valence-corrected chi connectivity index (χ4v) is 2.07. The summed E-state index contributed by atoms with van der Waals surface area (Å²) in [4.78, 5) is 27.0. The second-order valence-electron chi connectivity index (χ2n) is 5.49. The Kier molecular flexibility index (Phi) is 7.57. The van der Waals surface area contributed by atoms with Crippen molar-refractivity contribution in [3.63, 3.8) is 0 Å². The van der Waals surface area contributed by atoms with Gasteiger partial charge in [-0.2, -0.15) is 0 Å². The lowest BCUT2D eigenvalue weighted by molar-refractivity contribution is -0.138. The van der Waals surface area contributed by atoms with Crippen LogP contribution in [0.5, 0.6) is 0 Å². The Morgan fingerprint density at radius 2 is 1.77 bits per heavy atom. The van der Waals surface area contributed by atoms with Crippen LogP contribution in [-0.2, 0) is 16.0 Å². The lowest BCUT2D eigenvalue weighted by Gasteiger charge is -2.24. The number of carbonyl (C=O) groups excluding carboxylic acids is 2. The lowest BCUT2D eigenvalue weighted by Crippen LogP contribution is -2.41. The Morgan fingerprint density at radius 1 is 1.14 bits per heavy atom. The predicted octanol–water partition coefficient (Wildman–Crippen LogP) is 2.48. The third-order valence-corrected chi connectivity index (χ3v) is 3.63. The van der Waals surface area contributed by atoms with Gasteiger partial charge in [0.25, 0.3) is 0 Å². The molecule has 1 aromatic carbocycles. The summed E-state index contributed by atoms with van der Waals surface area (Å²) in [6.45, 7) is 4.79. The number of rotatable bonds is 8. The molecule has 5 heteroatoms. The molecule has 0 radical (unpaired) electrons. The summed E-state index contributed by atoms with van der Waals surface area (Å²) < 4.78 is 12.9. The van der Waals surface area contributed by atoms with Crippen molar-refractivity contribution < 1.29 is 14.0 Å². The maximum atomic E-state index is 12.9. The Labute approximate surface area is 131 Å². The maximum absolute atomic E-state index is 12.9. The van der Waals surface area contributed by atoms with Gasteiger partial charge in [0.1, 0.15) is 5.82 Å². The number of benzene rings is 1. The molecule has 0 aliphatic rings. The minimum atomic E-state index is -0.278. The van der Waals surface area contributed by atoms with Gasteiger partial charge in [0.2, 0.25) is 11.8 Å². The topological polar surface area (TPSA) is 40.6 Å². The molecule has 0 N–H and O–H groups in total. The first-order valence-corrected chi connectivity index (χ1v) is 7.68. The molecule has 0 bridgehead atoms. The van der Waals surface area contributed by atoms with Crippen LogP contribution in [0.4, 0.5) is 4.39 Å². The molecule has 0 aliphatic heterocycles. The van der Waals surface area contributed by atoms with Crippen molar-refractivity contribution in [2.75, 3.05) is 26.7 Å². The zero-order valence-electron chi connectivity index (χ0n) is 13.6. The third kappa shape index (κ3) is 6.24. The fourth-order valence-electron chi connectivity index (χ4n) is 2.07. The highest BCUT2D eigenvalue weighted by atomic mass is 19.1. The molecular weight excluding hydrogens is 283 g/mol. The number of hydrogen-bond donors (Lipinski definition) is 0. The molecule has 0 fully saturated rings. The van der Waals surface area contributed by atoms with Gasteiger partial charge in [-0.25, -0.2) is 4.39 Å². The van der Waals surface area contributed by atoms with E-state index in [0.717, 1.165) is 18.4 Å². The van der Waals surface area contributed by atoms with E-state index in [1.165, 1.54) is 24.0 Å². The molecule has 1 rings (SSSR count). The smallest absolute Gasteiger partial charge is 0.241 e. The van der Waals surface area contributed by atoms with E-state index in [1.54, 1.807) is 24.1 Å². The highest BCUT2D eigenvalue weighted by molar-refractivity contribution is 5.83. The summed E-state index contributed by atoms with van der Waals surface area (Å²) in [7, 11) is 1.76. The molecule has 0 aromatic heterocycles. The normalized spacial score (nSPS) is 10.4. The summed E-state index contributed by atoms with van der Waals surface area (Å²) >= 11 is 0. The van der Waals surface area contributed by atoms with E-state index in [-0.39, 0.29) is 24.2 Å². The first kappa shape index (κ1) is 18.1. The Bertz CT molecular complexity index is 488.